The van der Waals surface area contributed by atoms with E-state index >= 15 is 0 Å². The molecule has 4 nitrogen and oxygen atoms in total. The largest absolute Gasteiger partial charge is 0.463 e. The molecule has 0 N–H and O–H groups in total. The fourth-order valence-corrected chi connectivity index (χ4v) is 4.01. The lowest BCUT2D eigenvalue weighted by atomic mass is 9.99. The maximum atomic E-state index is 12.3. The number of rotatable bonds is 7. The fourth-order valence-electron chi connectivity index (χ4n) is 4.01. The smallest absolute Gasteiger partial charge is 0.330 e. The van der Waals surface area contributed by atoms with E-state index in [4.69, 9.17) is 9.47 Å². The van der Waals surface area contributed by atoms with E-state index in [1.807, 2.05) is 30.3 Å². The molecule has 172 valence electrons. The van der Waals surface area contributed by atoms with Gasteiger partial charge in [-0.1, -0.05) is 88.1 Å². The molecule has 0 bridgehead atoms. The Kier molecular flexibility index (Phi) is 13.5. The minimum absolute atomic E-state index is 0.0480. The van der Waals surface area contributed by atoms with E-state index < -0.39 is 0 Å². The summed E-state index contributed by atoms with van der Waals surface area (Å²) in [5, 5.41) is 0. The van der Waals surface area contributed by atoms with Crippen LogP contribution in [0.3, 0.4) is 0 Å². The first kappa shape index (κ1) is 25.2. The third-order valence-electron chi connectivity index (χ3n) is 5.83. The van der Waals surface area contributed by atoms with Crippen LogP contribution in [0.2, 0.25) is 0 Å². The highest BCUT2D eigenvalue weighted by molar-refractivity contribution is 5.87. The topological polar surface area (TPSA) is 52.6 Å². The van der Waals surface area contributed by atoms with E-state index in [2.05, 4.69) is 0 Å². The molecule has 1 aromatic rings. The van der Waals surface area contributed by atoms with Crippen molar-refractivity contribution in [3.05, 3.63) is 42.0 Å². The van der Waals surface area contributed by atoms with Crippen LogP contribution < -0.4 is 0 Å². The lowest BCUT2D eigenvalue weighted by Crippen LogP contribution is -2.19. The van der Waals surface area contributed by atoms with Gasteiger partial charge in [0.25, 0.3) is 0 Å². The SMILES string of the molecule is O=C(/C=C/c1ccccc1)OCCCC(=O)OC1CCCCCCCCCCCCC1. The third-order valence-corrected chi connectivity index (χ3v) is 5.83. The lowest BCUT2D eigenvalue weighted by molar-refractivity contribution is -0.151. The molecule has 2 rings (SSSR count). The second kappa shape index (κ2) is 16.6. The van der Waals surface area contributed by atoms with Gasteiger partial charge >= 0.3 is 11.9 Å². The summed E-state index contributed by atoms with van der Waals surface area (Å²) in [4.78, 5) is 24.0. The van der Waals surface area contributed by atoms with Crippen molar-refractivity contribution in [2.75, 3.05) is 6.61 Å². The Morgan fingerprint density at radius 3 is 1.94 bits per heavy atom. The highest BCUT2D eigenvalue weighted by atomic mass is 16.5. The second-order valence-corrected chi connectivity index (χ2v) is 8.59. The Hall–Kier alpha value is -2.10. The number of hydrogen-bond donors (Lipinski definition) is 0. The Morgan fingerprint density at radius 1 is 0.806 bits per heavy atom. The molecule has 1 fully saturated rings. The molecule has 0 heterocycles. The van der Waals surface area contributed by atoms with Crippen molar-refractivity contribution >= 4 is 18.0 Å². The monoisotopic (exact) mass is 428 g/mol. The Morgan fingerprint density at radius 2 is 1.35 bits per heavy atom. The highest BCUT2D eigenvalue weighted by Gasteiger charge is 2.14. The average Bonchev–Trinajstić information content (AvgIpc) is 2.78. The molecule has 0 aliphatic heterocycles. The highest BCUT2D eigenvalue weighted by Crippen LogP contribution is 2.19. The first-order valence-corrected chi connectivity index (χ1v) is 12.3. The first-order chi connectivity index (χ1) is 15.2. The molecule has 0 spiro atoms. The van der Waals surface area contributed by atoms with Gasteiger partial charge in [-0.15, -0.1) is 0 Å². The van der Waals surface area contributed by atoms with Gasteiger partial charge in [0.05, 0.1) is 6.61 Å². The molecule has 0 unspecified atom stereocenters. The van der Waals surface area contributed by atoms with Gasteiger partial charge in [0.2, 0.25) is 0 Å². The maximum absolute atomic E-state index is 12.3. The van der Waals surface area contributed by atoms with Gasteiger partial charge in [-0.3, -0.25) is 4.79 Å². The van der Waals surface area contributed by atoms with Gasteiger partial charge in [0, 0.05) is 12.5 Å². The summed E-state index contributed by atoms with van der Waals surface area (Å²) in [7, 11) is 0. The van der Waals surface area contributed by atoms with Crippen molar-refractivity contribution in [3.8, 4) is 0 Å². The van der Waals surface area contributed by atoms with Crippen LogP contribution in [0.4, 0.5) is 0 Å². The fraction of sp³-hybridized carbons (Fsp3) is 0.630. The standard InChI is InChI=1S/C27H40O4/c28-26(22-21-24-16-11-10-12-17-24)30-23-15-20-27(29)31-25-18-13-8-6-4-2-1-3-5-7-9-14-19-25/h10-12,16-17,21-22,25H,1-9,13-15,18-20,23H2/b22-21+. The van der Waals surface area contributed by atoms with E-state index in [1.165, 1.54) is 63.9 Å². The number of benzene rings is 1. The summed E-state index contributed by atoms with van der Waals surface area (Å²) in [6.07, 6.45) is 20.1. The van der Waals surface area contributed by atoms with Crippen LogP contribution in [-0.4, -0.2) is 24.6 Å². The summed E-state index contributed by atoms with van der Waals surface area (Å²) >= 11 is 0. The van der Waals surface area contributed by atoms with E-state index in [1.54, 1.807) is 6.08 Å². The van der Waals surface area contributed by atoms with E-state index in [0.29, 0.717) is 12.8 Å². The number of hydrogen-bond acceptors (Lipinski definition) is 4. The molecule has 1 aromatic carbocycles. The van der Waals surface area contributed by atoms with Gasteiger partial charge in [-0.25, -0.2) is 4.79 Å². The van der Waals surface area contributed by atoms with Crippen molar-refractivity contribution in [2.24, 2.45) is 0 Å². The van der Waals surface area contributed by atoms with E-state index in [0.717, 1.165) is 31.2 Å². The van der Waals surface area contributed by atoms with E-state index in [-0.39, 0.29) is 24.6 Å². The van der Waals surface area contributed by atoms with Crippen molar-refractivity contribution in [1.29, 1.82) is 0 Å². The summed E-state index contributed by atoms with van der Waals surface area (Å²) in [6, 6.07) is 9.61. The molecule has 0 atom stereocenters. The Balaban J connectivity index is 1.62. The van der Waals surface area contributed by atoms with Crippen LogP contribution in [-0.2, 0) is 19.1 Å². The molecule has 0 radical (unpaired) electrons. The zero-order valence-corrected chi connectivity index (χ0v) is 19.1. The predicted octanol–water partition coefficient (Wildman–Crippen LogP) is 7.02. The average molecular weight is 429 g/mol. The van der Waals surface area contributed by atoms with Crippen molar-refractivity contribution in [3.63, 3.8) is 0 Å². The quantitative estimate of drug-likeness (QED) is 0.266. The first-order valence-electron chi connectivity index (χ1n) is 12.3. The molecule has 0 saturated heterocycles. The molecule has 1 aliphatic rings. The van der Waals surface area contributed by atoms with Crippen LogP contribution in [0.15, 0.2) is 36.4 Å². The van der Waals surface area contributed by atoms with Gasteiger partial charge < -0.3 is 9.47 Å². The minimum Gasteiger partial charge on any atom is -0.463 e. The number of esters is 2. The summed E-state index contributed by atoms with van der Waals surface area (Å²) < 4.78 is 11.0. The van der Waals surface area contributed by atoms with Crippen LogP contribution >= 0.6 is 0 Å². The normalized spacial score (nSPS) is 17.7. The molecule has 31 heavy (non-hydrogen) atoms. The molecular formula is C27H40O4. The zero-order valence-electron chi connectivity index (χ0n) is 19.1. The van der Waals surface area contributed by atoms with Crippen molar-refractivity contribution in [1.82, 2.24) is 0 Å². The summed E-state index contributed by atoms with van der Waals surface area (Å²) in [5.74, 6) is -0.551. The van der Waals surface area contributed by atoms with Crippen LogP contribution in [0.25, 0.3) is 6.08 Å². The number of ether oxygens (including phenoxy) is 2. The van der Waals surface area contributed by atoms with Crippen molar-refractivity contribution < 1.29 is 19.1 Å². The third kappa shape index (κ3) is 13.0. The summed E-state index contributed by atoms with van der Waals surface area (Å²) in [6.45, 7) is 0.234. The maximum Gasteiger partial charge on any atom is 0.330 e. The molecule has 4 heteroatoms. The van der Waals surface area contributed by atoms with Gasteiger partial charge in [-0.2, -0.15) is 0 Å². The second-order valence-electron chi connectivity index (χ2n) is 8.59. The number of carbonyl (C=O) groups excluding carboxylic acids is 2. The van der Waals surface area contributed by atoms with Gasteiger partial charge in [0.15, 0.2) is 0 Å². The zero-order chi connectivity index (χ0) is 22.0. The Labute approximate surface area is 188 Å². The molecule has 0 aromatic heterocycles. The van der Waals surface area contributed by atoms with Gasteiger partial charge in [-0.05, 0) is 43.7 Å². The van der Waals surface area contributed by atoms with Crippen LogP contribution in [0, 0.1) is 0 Å². The molecular weight excluding hydrogens is 388 g/mol. The molecule has 1 aliphatic carbocycles. The summed E-state index contributed by atoms with van der Waals surface area (Å²) in [5.41, 5.74) is 0.950. The predicted molar refractivity (Wildman–Crippen MR) is 126 cm³/mol. The Bertz CT molecular complexity index is 624. The lowest BCUT2D eigenvalue weighted by Gasteiger charge is -2.18. The molecule has 0 amide bonds. The minimum atomic E-state index is -0.386. The van der Waals surface area contributed by atoms with Crippen LogP contribution in [0.5, 0.6) is 0 Å². The van der Waals surface area contributed by atoms with Crippen molar-refractivity contribution in [2.45, 2.75) is 102 Å². The van der Waals surface area contributed by atoms with E-state index in [9.17, 15) is 9.59 Å². The number of carbonyl (C=O) groups is 2. The molecule has 1 saturated carbocycles. The van der Waals surface area contributed by atoms with Gasteiger partial charge in [0.1, 0.15) is 6.10 Å². The van der Waals surface area contributed by atoms with Crippen LogP contribution in [0.1, 0.15) is 102 Å².